The van der Waals surface area contributed by atoms with Crippen LogP contribution in [-0.2, 0) is 14.3 Å². The Labute approximate surface area is 375 Å². The molecule has 0 aromatic rings. The molecule has 61 heavy (non-hydrogen) atoms. The number of allylic oxidation sites excluding steroid dienone is 1. The van der Waals surface area contributed by atoms with Crippen LogP contribution in [0.15, 0.2) is 11.6 Å². The zero-order valence-corrected chi connectivity index (χ0v) is 40.6. The molecule has 3 saturated carbocycles. The molecule has 0 bridgehead atoms. The third kappa shape index (κ3) is 16.1. The molecular weight excluding hydrogens is 757 g/mol. The van der Waals surface area contributed by atoms with E-state index in [1.807, 2.05) is 0 Å². The van der Waals surface area contributed by atoms with Crippen molar-refractivity contribution in [3.63, 3.8) is 0 Å². The first-order valence-electron chi connectivity index (χ1n) is 26.3. The van der Waals surface area contributed by atoms with E-state index in [4.69, 9.17) is 10.5 Å². The van der Waals surface area contributed by atoms with E-state index >= 15 is 0 Å². The summed E-state index contributed by atoms with van der Waals surface area (Å²) in [5.74, 6) is 4.90. The Kier molecular flexibility index (Phi) is 23.1. The van der Waals surface area contributed by atoms with E-state index in [2.05, 4.69) is 58.3 Å². The maximum Gasteiger partial charge on any atom is 0.410 e. The van der Waals surface area contributed by atoms with E-state index in [0.717, 1.165) is 119 Å². The first-order valence-corrected chi connectivity index (χ1v) is 26.3. The number of rotatable bonds is 30. The van der Waals surface area contributed by atoms with Crippen molar-refractivity contribution in [3.8, 4) is 0 Å². The summed E-state index contributed by atoms with van der Waals surface area (Å²) in [6.45, 7) is 17.3. The van der Waals surface area contributed by atoms with Gasteiger partial charge in [-0.15, -0.1) is 0 Å². The highest BCUT2D eigenvalue weighted by atomic mass is 16.6. The Hall–Kier alpha value is -2.09. The van der Waals surface area contributed by atoms with Gasteiger partial charge < -0.3 is 21.1 Å². The summed E-state index contributed by atoms with van der Waals surface area (Å²) in [5, 5.41) is 6.15. The first-order chi connectivity index (χ1) is 29.4. The molecule has 0 saturated heterocycles. The average molecular weight is 853 g/mol. The van der Waals surface area contributed by atoms with Gasteiger partial charge in [-0.05, 0) is 130 Å². The second kappa shape index (κ2) is 27.3. The van der Waals surface area contributed by atoms with Crippen LogP contribution in [0.2, 0.25) is 0 Å². The summed E-state index contributed by atoms with van der Waals surface area (Å²) < 4.78 is 6.33. The molecule has 3 amide bonds. The minimum atomic E-state index is -0.345. The number of ether oxygens (including phenoxy) is 1. The number of nitrogens with zero attached hydrogens (tertiary/aromatic N) is 1. The van der Waals surface area contributed by atoms with Crippen molar-refractivity contribution in [3.05, 3.63) is 11.6 Å². The van der Waals surface area contributed by atoms with E-state index in [9.17, 15) is 14.4 Å². The summed E-state index contributed by atoms with van der Waals surface area (Å²) in [5.41, 5.74) is 7.85. The Morgan fingerprint density at radius 1 is 0.754 bits per heavy atom. The largest absolute Gasteiger partial charge is 0.446 e. The SMILES string of the molecule is CCCCCCCCCCC(=O)NCCCCCCN(CC(=O)NCCCCCCN)C(=O)O[C@H]1CC[C@@]2(C)C(=CC[C@H]3[C@@H]4CC[C@H]([C@H](C)CCCC(C)C)[C@@]4(C)CC[C@@H]32)C1. The van der Waals surface area contributed by atoms with Crippen LogP contribution in [0.4, 0.5) is 4.79 Å². The van der Waals surface area contributed by atoms with Gasteiger partial charge >= 0.3 is 6.09 Å². The number of amides is 3. The molecule has 4 aliphatic rings. The van der Waals surface area contributed by atoms with Crippen molar-refractivity contribution < 1.29 is 19.1 Å². The highest BCUT2D eigenvalue weighted by molar-refractivity contribution is 5.82. The Bertz CT molecular complexity index is 1320. The Morgan fingerprint density at radius 2 is 1.41 bits per heavy atom. The van der Waals surface area contributed by atoms with Gasteiger partial charge in [-0.2, -0.15) is 0 Å². The highest BCUT2D eigenvalue weighted by Gasteiger charge is 2.59. The number of nitrogens with two attached hydrogens (primary N) is 1. The quantitative estimate of drug-likeness (QED) is 0.0492. The fourth-order valence-corrected chi connectivity index (χ4v) is 12.8. The summed E-state index contributed by atoms with van der Waals surface area (Å²) in [6, 6.07) is 0. The van der Waals surface area contributed by atoms with Crippen molar-refractivity contribution in [1.82, 2.24) is 15.5 Å². The number of fused-ring (bicyclic) bond motifs is 5. The molecule has 8 heteroatoms. The molecule has 0 spiro atoms. The van der Waals surface area contributed by atoms with Crippen LogP contribution in [0.5, 0.6) is 0 Å². The number of hydrogen-bond donors (Lipinski definition) is 3. The van der Waals surface area contributed by atoms with E-state index in [1.54, 1.807) is 4.90 Å². The number of carbonyl (C=O) groups is 3. The normalized spacial score (nSPS) is 27.4. The standard InChI is InChI=1S/C53H96N4O4/c1-7-8-9-10-11-12-13-18-26-49(58)55-36-21-16-17-22-38-57(40-50(59)56-37-20-15-14-19-35-54)51(60)61-44-31-33-52(5)43(39-44)27-28-45-47-30-29-46(42(4)25-23-24-41(2)3)53(47,6)34-32-48(45)52/h27,41-42,44-48H,7-26,28-40,54H2,1-6H3,(H,55,58)(H,56,59)/t42-,44+,45+,46-,47+,48+,52+,53-/m1/s1. The van der Waals surface area contributed by atoms with Gasteiger partial charge in [0.2, 0.25) is 11.8 Å². The molecule has 4 aliphatic carbocycles. The second-order valence-electron chi connectivity index (χ2n) is 21.5. The minimum absolute atomic E-state index is 0.0325. The van der Waals surface area contributed by atoms with E-state index in [1.165, 1.54) is 95.5 Å². The van der Waals surface area contributed by atoms with Crippen molar-refractivity contribution >= 4 is 17.9 Å². The summed E-state index contributed by atoms with van der Waals surface area (Å²) in [7, 11) is 0. The molecule has 0 aliphatic heterocycles. The molecule has 8 atom stereocenters. The lowest BCUT2D eigenvalue weighted by atomic mass is 9.47. The van der Waals surface area contributed by atoms with Crippen LogP contribution < -0.4 is 16.4 Å². The van der Waals surface area contributed by atoms with Crippen LogP contribution in [-0.4, -0.2) is 61.6 Å². The summed E-state index contributed by atoms with van der Waals surface area (Å²) in [6.07, 6.45) is 34.0. The fourth-order valence-electron chi connectivity index (χ4n) is 12.8. The lowest BCUT2D eigenvalue weighted by molar-refractivity contribution is -0.122. The van der Waals surface area contributed by atoms with E-state index in [0.29, 0.717) is 38.0 Å². The molecular formula is C53H96N4O4. The monoisotopic (exact) mass is 853 g/mol. The predicted molar refractivity (Wildman–Crippen MR) is 254 cm³/mol. The molecule has 0 aromatic heterocycles. The van der Waals surface area contributed by atoms with Gasteiger partial charge in [0.25, 0.3) is 0 Å². The second-order valence-corrected chi connectivity index (χ2v) is 21.5. The number of nitrogens with one attached hydrogen (secondary N) is 2. The van der Waals surface area contributed by atoms with Gasteiger partial charge in [-0.25, -0.2) is 4.79 Å². The molecule has 4 rings (SSSR count). The van der Waals surface area contributed by atoms with Crippen LogP contribution in [0, 0.1) is 46.3 Å². The molecule has 0 unspecified atom stereocenters. The minimum Gasteiger partial charge on any atom is -0.446 e. The molecule has 3 fully saturated rings. The smallest absolute Gasteiger partial charge is 0.410 e. The molecule has 0 radical (unpaired) electrons. The third-order valence-electron chi connectivity index (χ3n) is 16.5. The molecule has 8 nitrogen and oxygen atoms in total. The number of hydrogen-bond acceptors (Lipinski definition) is 5. The summed E-state index contributed by atoms with van der Waals surface area (Å²) >= 11 is 0. The third-order valence-corrected chi connectivity index (χ3v) is 16.5. The van der Waals surface area contributed by atoms with E-state index < -0.39 is 0 Å². The Morgan fingerprint density at radius 3 is 2.11 bits per heavy atom. The van der Waals surface area contributed by atoms with Crippen LogP contribution >= 0.6 is 0 Å². The maximum atomic E-state index is 13.9. The van der Waals surface area contributed by atoms with Gasteiger partial charge in [0.05, 0.1) is 0 Å². The van der Waals surface area contributed by atoms with Crippen LogP contribution in [0.3, 0.4) is 0 Å². The maximum absolute atomic E-state index is 13.9. The molecule has 0 heterocycles. The van der Waals surface area contributed by atoms with Crippen LogP contribution in [0.1, 0.15) is 221 Å². The van der Waals surface area contributed by atoms with Crippen molar-refractivity contribution in [2.75, 3.05) is 32.7 Å². The lowest BCUT2D eigenvalue weighted by Gasteiger charge is -2.58. The first kappa shape index (κ1) is 51.5. The fraction of sp³-hybridized carbons (Fsp3) is 0.906. The van der Waals surface area contributed by atoms with Gasteiger partial charge in [0.15, 0.2) is 0 Å². The molecule has 0 aromatic carbocycles. The van der Waals surface area contributed by atoms with Crippen molar-refractivity contribution in [2.24, 2.45) is 52.1 Å². The van der Waals surface area contributed by atoms with Crippen molar-refractivity contribution in [1.29, 1.82) is 0 Å². The number of carbonyl (C=O) groups excluding carboxylic acids is 3. The molecule has 4 N–H and O–H groups in total. The zero-order chi connectivity index (χ0) is 44.1. The average Bonchev–Trinajstić information content (AvgIpc) is 3.59. The van der Waals surface area contributed by atoms with Gasteiger partial charge in [0, 0.05) is 32.5 Å². The lowest BCUT2D eigenvalue weighted by Crippen LogP contribution is -2.51. The topological polar surface area (TPSA) is 114 Å². The van der Waals surface area contributed by atoms with E-state index in [-0.39, 0.29) is 36.0 Å². The molecule has 352 valence electrons. The number of unbranched alkanes of at least 4 members (excludes halogenated alkanes) is 13. The Balaban J connectivity index is 1.24. The zero-order valence-electron chi connectivity index (χ0n) is 40.6. The highest BCUT2D eigenvalue weighted by Crippen LogP contribution is 2.67. The van der Waals surface area contributed by atoms with Gasteiger partial charge in [-0.3, -0.25) is 14.5 Å². The van der Waals surface area contributed by atoms with Crippen LogP contribution in [0.25, 0.3) is 0 Å². The summed E-state index contributed by atoms with van der Waals surface area (Å²) in [4.78, 5) is 41.0. The van der Waals surface area contributed by atoms with Gasteiger partial charge in [0.1, 0.15) is 12.6 Å². The predicted octanol–water partition coefficient (Wildman–Crippen LogP) is 12.7. The van der Waals surface area contributed by atoms with Gasteiger partial charge in [-0.1, -0.05) is 143 Å². The van der Waals surface area contributed by atoms with Crippen molar-refractivity contribution in [2.45, 2.75) is 227 Å².